The summed E-state index contributed by atoms with van der Waals surface area (Å²) in [5.74, 6) is 0. The number of hydrogen-bond acceptors (Lipinski definition) is 1. The Hall–Kier alpha value is -0.560. The number of allylic oxidation sites excluding steroid dienone is 4. The van der Waals surface area contributed by atoms with Crippen LogP contribution in [0, 0.1) is 0 Å². The highest BCUT2D eigenvalue weighted by molar-refractivity contribution is 4.92. The number of rotatable bonds is 23. The second kappa shape index (κ2) is 23.1. The molecule has 0 bridgehead atoms. The van der Waals surface area contributed by atoms with Gasteiger partial charge in [0.2, 0.25) is 0 Å². The van der Waals surface area contributed by atoms with Crippen molar-refractivity contribution in [2.24, 2.45) is 0 Å². The zero-order chi connectivity index (χ0) is 22.2. The van der Waals surface area contributed by atoms with Gasteiger partial charge in [-0.2, -0.15) is 0 Å². The molecule has 0 N–H and O–H groups in total. The molecule has 0 amide bonds. The third kappa shape index (κ3) is 20.7. The summed E-state index contributed by atoms with van der Waals surface area (Å²) in [5, 5.41) is 0. The summed E-state index contributed by atoms with van der Waals surface area (Å²) < 4.78 is 6.15. The van der Waals surface area contributed by atoms with Gasteiger partial charge in [-0.1, -0.05) is 115 Å². The van der Waals surface area contributed by atoms with Gasteiger partial charge in [-0.15, -0.1) is 0 Å². The Morgan fingerprint density at radius 1 is 0.533 bits per heavy atom. The number of ether oxygens (including phenoxy) is 1. The largest absolute Gasteiger partial charge is 0.376 e. The van der Waals surface area contributed by atoms with E-state index in [1.807, 2.05) is 0 Å². The highest BCUT2D eigenvalue weighted by atomic mass is 16.5. The van der Waals surface area contributed by atoms with Crippen LogP contribution in [-0.4, -0.2) is 12.2 Å². The maximum absolute atomic E-state index is 6.15. The summed E-state index contributed by atoms with van der Waals surface area (Å²) in [6, 6.07) is 0. The van der Waals surface area contributed by atoms with Gasteiger partial charge < -0.3 is 4.74 Å². The van der Waals surface area contributed by atoms with Crippen molar-refractivity contribution in [2.75, 3.05) is 6.61 Å². The highest BCUT2D eigenvalue weighted by Crippen LogP contribution is 2.26. The summed E-state index contributed by atoms with van der Waals surface area (Å²) in [5.41, 5.74) is 0.121. The Balaban J connectivity index is 3.59. The van der Waals surface area contributed by atoms with E-state index in [2.05, 4.69) is 52.0 Å². The van der Waals surface area contributed by atoms with Gasteiger partial charge in [0.1, 0.15) is 0 Å². The molecule has 0 saturated heterocycles. The molecule has 0 saturated carbocycles. The summed E-state index contributed by atoms with van der Waals surface area (Å²) in [6.07, 6.45) is 34.6. The van der Waals surface area contributed by atoms with Crippen LogP contribution in [0.25, 0.3) is 0 Å². The summed E-state index contributed by atoms with van der Waals surface area (Å²) >= 11 is 0. The molecule has 1 atom stereocenters. The van der Waals surface area contributed by atoms with Crippen LogP contribution in [0.4, 0.5) is 0 Å². The van der Waals surface area contributed by atoms with Gasteiger partial charge in [0, 0.05) is 6.61 Å². The first kappa shape index (κ1) is 29.4. The molecule has 1 unspecified atom stereocenters. The van der Waals surface area contributed by atoms with Crippen molar-refractivity contribution < 1.29 is 4.74 Å². The van der Waals surface area contributed by atoms with E-state index >= 15 is 0 Å². The average Bonchev–Trinajstić information content (AvgIpc) is 2.73. The molecule has 0 radical (unpaired) electrons. The van der Waals surface area contributed by atoms with Crippen molar-refractivity contribution in [2.45, 2.75) is 155 Å². The molecule has 0 rings (SSSR count). The molecule has 30 heavy (non-hydrogen) atoms. The Kier molecular flexibility index (Phi) is 22.7. The summed E-state index contributed by atoms with van der Waals surface area (Å²) in [7, 11) is 0. The van der Waals surface area contributed by atoms with Crippen molar-refractivity contribution in [3.8, 4) is 0 Å². The van der Waals surface area contributed by atoms with Gasteiger partial charge in [0.05, 0.1) is 5.60 Å². The van der Waals surface area contributed by atoms with Crippen LogP contribution in [0.15, 0.2) is 24.3 Å². The van der Waals surface area contributed by atoms with Gasteiger partial charge in [0.25, 0.3) is 0 Å². The molecule has 0 spiro atoms. The first-order chi connectivity index (χ1) is 14.7. The number of hydrogen-bond donors (Lipinski definition) is 0. The van der Waals surface area contributed by atoms with Crippen LogP contribution in [0.3, 0.4) is 0 Å². The fourth-order valence-corrected chi connectivity index (χ4v) is 4.21. The Bertz CT molecular complexity index is 384. The van der Waals surface area contributed by atoms with Gasteiger partial charge in [-0.3, -0.25) is 0 Å². The second-order valence-electron chi connectivity index (χ2n) is 9.38. The van der Waals surface area contributed by atoms with Gasteiger partial charge in [-0.25, -0.2) is 0 Å². The van der Waals surface area contributed by atoms with E-state index < -0.39 is 0 Å². The van der Waals surface area contributed by atoms with Gasteiger partial charge in [-0.05, 0) is 58.8 Å². The SMILES string of the molecule is CCCCCC=CCC=CCCCCCCCCC(C)(CCCCCCC)OCC. The van der Waals surface area contributed by atoms with E-state index in [1.54, 1.807) is 0 Å². The van der Waals surface area contributed by atoms with E-state index in [-0.39, 0.29) is 5.60 Å². The predicted molar refractivity (Wildman–Crippen MR) is 137 cm³/mol. The molecule has 1 nitrogen and oxygen atoms in total. The van der Waals surface area contributed by atoms with Gasteiger partial charge >= 0.3 is 0 Å². The average molecular weight is 421 g/mol. The van der Waals surface area contributed by atoms with Crippen LogP contribution in [0.5, 0.6) is 0 Å². The van der Waals surface area contributed by atoms with Gasteiger partial charge in [0.15, 0.2) is 0 Å². The minimum Gasteiger partial charge on any atom is -0.376 e. The zero-order valence-corrected chi connectivity index (χ0v) is 21.4. The smallest absolute Gasteiger partial charge is 0.0654 e. The molecular weight excluding hydrogens is 364 g/mol. The normalized spacial score (nSPS) is 14.1. The lowest BCUT2D eigenvalue weighted by Crippen LogP contribution is -2.28. The Morgan fingerprint density at radius 2 is 0.967 bits per heavy atom. The lowest BCUT2D eigenvalue weighted by molar-refractivity contribution is -0.0403. The summed E-state index contributed by atoms with van der Waals surface area (Å²) in [4.78, 5) is 0. The topological polar surface area (TPSA) is 9.23 Å². The fraction of sp³-hybridized carbons (Fsp3) is 0.862. The Labute approximate surface area is 191 Å². The van der Waals surface area contributed by atoms with Crippen LogP contribution < -0.4 is 0 Å². The van der Waals surface area contributed by atoms with Crippen molar-refractivity contribution in [3.63, 3.8) is 0 Å². The van der Waals surface area contributed by atoms with Crippen LogP contribution in [0.1, 0.15) is 150 Å². The minimum absolute atomic E-state index is 0.121. The molecule has 0 aliphatic rings. The van der Waals surface area contributed by atoms with Crippen molar-refractivity contribution in [1.29, 1.82) is 0 Å². The third-order valence-corrected chi connectivity index (χ3v) is 6.21. The number of unbranched alkanes of at least 4 members (excludes halogenated alkanes) is 13. The first-order valence-corrected chi connectivity index (χ1v) is 13.6. The molecule has 0 aromatic rings. The van der Waals surface area contributed by atoms with E-state index in [0.29, 0.717) is 0 Å². The van der Waals surface area contributed by atoms with Crippen LogP contribution >= 0.6 is 0 Å². The minimum atomic E-state index is 0.121. The summed E-state index contributed by atoms with van der Waals surface area (Å²) in [6.45, 7) is 9.90. The second-order valence-corrected chi connectivity index (χ2v) is 9.38. The zero-order valence-electron chi connectivity index (χ0n) is 21.4. The molecule has 178 valence electrons. The molecule has 1 heteroatoms. The van der Waals surface area contributed by atoms with Crippen molar-refractivity contribution in [3.05, 3.63) is 24.3 Å². The molecule has 0 aromatic carbocycles. The standard InChI is InChI=1S/C29H56O/c1-5-8-10-12-13-14-15-16-17-18-19-20-21-22-24-26-28-29(4,30-7-3)27-25-23-11-9-6-2/h13-14,16-17H,5-12,15,18-28H2,1-4H3. The lowest BCUT2D eigenvalue weighted by atomic mass is 9.91. The van der Waals surface area contributed by atoms with E-state index in [4.69, 9.17) is 4.74 Å². The first-order valence-electron chi connectivity index (χ1n) is 13.6. The van der Waals surface area contributed by atoms with E-state index in [9.17, 15) is 0 Å². The maximum atomic E-state index is 6.15. The van der Waals surface area contributed by atoms with Crippen LogP contribution in [0.2, 0.25) is 0 Å². The van der Waals surface area contributed by atoms with Crippen molar-refractivity contribution >= 4 is 0 Å². The fourth-order valence-electron chi connectivity index (χ4n) is 4.21. The molecule has 0 fully saturated rings. The van der Waals surface area contributed by atoms with E-state index in [0.717, 1.165) is 13.0 Å². The monoisotopic (exact) mass is 420 g/mol. The molecule has 0 heterocycles. The molecule has 0 aliphatic carbocycles. The Morgan fingerprint density at radius 3 is 1.50 bits per heavy atom. The van der Waals surface area contributed by atoms with Crippen LogP contribution in [-0.2, 0) is 4.74 Å². The van der Waals surface area contributed by atoms with E-state index in [1.165, 1.54) is 116 Å². The molecular formula is C29H56O. The third-order valence-electron chi connectivity index (χ3n) is 6.21. The molecule has 0 aromatic heterocycles. The van der Waals surface area contributed by atoms with Crippen molar-refractivity contribution in [1.82, 2.24) is 0 Å². The quantitative estimate of drug-likeness (QED) is 0.118. The highest BCUT2D eigenvalue weighted by Gasteiger charge is 2.23. The molecule has 0 aliphatic heterocycles. The maximum Gasteiger partial charge on any atom is 0.0654 e. The lowest BCUT2D eigenvalue weighted by Gasteiger charge is -2.30. The predicted octanol–water partition coefficient (Wildman–Crippen LogP) is 10.3.